The molecule has 7 heteroatoms. The highest BCUT2D eigenvalue weighted by Crippen LogP contribution is 2.27. The normalized spacial score (nSPS) is 11.9. The molecule has 0 unspecified atom stereocenters. The molecule has 0 fully saturated rings. The molecule has 0 saturated heterocycles. The van der Waals surface area contributed by atoms with Crippen molar-refractivity contribution in [3.63, 3.8) is 0 Å². The van der Waals surface area contributed by atoms with Crippen LogP contribution in [0.3, 0.4) is 0 Å². The van der Waals surface area contributed by atoms with Gasteiger partial charge in [0.1, 0.15) is 12.0 Å². The van der Waals surface area contributed by atoms with Crippen LogP contribution < -0.4 is 5.32 Å². The number of hydrogen-bond donors (Lipinski definition) is 1. The average molecular weight is 312 g/mol. The van der Waals surface area contributed by atoms with Crippen molar-refractivity contribution >= 4 is 34.7 Å². The molecule has 0 spiro atoms. The Labute approximate surface area is 125 Å². The van der Waals surface area contributed by atoms with Gasteiger partial charge in [-0.05, 0) is 30.7 Å². The maximum absolute atomic E-state index is 10.5. The number of nitro groups is 1. The second-order valence-corrected chi connectivity index (χ2v) is 5.01. The summed E-state index contributed by atoms with van der Waals surface area (Å²) in [7, 11) is 0. The molecule has 2 aromatic rings. The topological polar surface area (TPSA) is 68.1 Å². The largest absolute Gasteiger partial charge is 0.364 e. The second kappa shape index (κ2) is 6.07. The number of anilines is 1. The number of aromatic nitrogens is 1. The van der Waals surface area contributed by atoms with Gasteiger partial charge in [-0.3, -0.25) is 10.1 Å². The van der Waals surface area contributed by atoms with Gasteiger partial charge in [0.25, 0.3) is 5.69 Å². The Kier molecular flexibility index (Phi) is 4.42. The summed E-state index contributed by atoms with van der Waals surface area (Å²) in [5.41, 5.74) is 0.900. The molecule has 0 aliphatic rings. The van der Waals surface area contributed by atoms with Crippen molar-refractivity contribution in [3.8, 4) is 0 Å². The Morgan fingerprint density at radius 2 is 2.00 bits per heavy atom. The summed E-state index contributed by atoms with van der Waals surface area (Å²) in [5.74, 6) is 0.550. The molecule has 0 bridgehead atoms. The van der Waals surface area contributed by atoms with E-state index >= 15 is 0 Å². The quantitative estimate of drug-likeness (QED) is 0.668. The highest BCUT2D eigenvalue weighted by molar-refractivity contribution is 6.42. The van der Waals surface area contributed by atoms with E-state index in [1.165, 1.54) is 12.3 Å². The molecule has 5 nitrogen and oxygen atoms in total. The lowest BCUT2D eigenvalue weighted by atomic mass is 10.1. The number of rotatable bonds is 4. The van der Waals surface area contributed by atoms with E-state index in [-0.39, 0.29) is 11.7 Å². The van der Waals surface area contributed by atoms with Crippen LogP contribution in [0.4, 0.5) is 11.5 Å². The van der Waals surface area contributed by atoms with Crippen molar-refractivity contribution in [3.05, 3.63) is 62.3 Å². The van der Waals surface area contributed by atoms with Gasteiger partial charge in [-0.1, -0.05) is 29.3 Å². The fourth-order valence-corrected chi connectivity index (χ4v) is 1.97. The van der Waals surface area contributed by atoms with E-state index in [0.717, 1.165) is 5.56 Å². The van der Waals surface area contributed by atoms with Crippen molar-refractivity contribution in [1.29, 1.82) is 0 Å². The average Bonchev–Trinajstić information content (AvgIpc) is 2.42. The van der Waals surface area contributed by atoms with E-state index in [9.17, 15) is 10.1 Å². The van der Waals surface area contributed by atoms with Crippen LogP contribution in [0.25, 0.3) is 0 Å². The first-order valence-electron chi connectivity index (χ1n) is 5.79. The standard InChI is InChI=1S/C13H11Cl2N3O2/c1-8(9-2-4-11(14)12(15)6-9)17-13-5-3-10(7-16-13)18(19)20/h2-8H,1H3,(H,16,17)/t8-/m0/s1. The van der Waals surface area contributed by atoms with E-state index < -0.39 is 4.92 Å². The smallest absolute Gasteiger partial charge is 0.287 e. The zero-order chi connectivity index (χ0) is 14.7. The summed E-state index contributed by atoms with van der Waals surface area (Å²) < 4.78 is 0. The van der Waals surface area contributed by atoms with Crippen molar-refractivity contribution in [2.45, 2.75) is 13.0 Å². The highest BCUT2D eigenvalue weighted by Gasteiger charge is 2.10. The van der Waals surface area contributed by atoms with Gasteiger partial charge in [0.15, 0.2) is 0 Å². The molecule has 1 heterocycles. The molecule has 104 valence electrons. The van der Waals surface area contributed by atoms with Crippen molar-refractivity contribution < 1.29 is 4.92 Å². The van der Waals surface area contributed by atoms with Gasteiger partial charge >= 0.3 is 0 Å². The SMILES string of the molecule is C[C@H](Nc1ccc([N+](=O)[O-])cn1)c1ccc(Cl)c(Cl)c1. The predicted molar refractivity (Wildman–Crippen MR) is 79.4 cm³/mol. The molecule has 0 amide bonds. The maximum Gasteiger partial charge on any atom is 0.287 e. The Morgan fingerprint density at radius 1 is 1.25 bits per heavy atom. The Hall–Kier alpha value is -1.85. The third-order valence-electron chi connectivity index (χ3n) is 2.77. The maximum atomic E-state index is 10.5. The van der Waals surface area contributed by atoms with Crippen LogP contribution in [0.5, 0.6) is 0 Å². The molecule has 1 aromatic carbocycles. The van der Waals surface area contributed by atoms with Crippen LogP contribution in [-0.2, 0) is 0 Å². The van der Waals surface area contributed by atoms with Gasteiger partial charge in [0, 0.05) is 12.1 Å². The summed E-state index contributed by atoms with van der Waals surface area (Å²) in [4.78, 5) is 14.0. The molecule has 0 radical (unpaired) electrons. The van der Waals surface area contributed by atoms with E-state index in [4.69, 9.17) is 23.2 Å². The lowest BCUT2D eigenvalue weighted by Gasteiger charge is -2.15. The minimum absolute atomic E-state index is 0.0438. The number of hydrogen-bond acceptors (Lipinski definition) is 4. The summed E-state index contributed by atoms with van der Waals surface area (Å²) >= 11 is 11.8. The number of pyridine rings is 1. The lowest BCUT2D eigenvalue weighted by molar-refractivity contribution is -0.385. The van der Waals surface area contributed by atoms with Crippen LogP contribution in [0.15, 0.2) is 36.5 Å². The zero-order valence-electron chi connectivity index (χ0n) is 10.5. The fourth-order valence-electron chi connectivity index (χ4n) is 1.67. The minimum atomic E-state index is -0.487. The van der Waals surface area contributed by atoms with Gasteiger partial charge < -0.3 is 5.32 Å². The molecule has 0 aliphatic carbocycles. The number of nitrogens with one attached hydrogen (secondary N) is 1. The molecular weight excluding hydrogens is 301 g/mol. The minimum Gasteiger partial charge on any atom is -0.364 e. The van der Waals surface area contributed by atoms with Crippen molar-refractivity contribution in [1.82, 2.24) is 4.98 Å². The monoisotopic (exact) mass is 311 g/mol. The number of nitrogens with zero attached hydrogens (tertiary/aromatic N) is 2. The first kappa shape index (κ1) is 14.6. The summed E-state index contributed by atoms with van der Waals surface area (Å²) in [5, 5.41) is 14.7. The summed E-state index contributed by atoms with van der Waals surface area (Å²) in [6.45, 7) is 1.93. The Balaban J connectivity index is 2.12. The van der Waals surface area contributed by atoms with Crippen LogP contribution in [0, 0.1) is 10.1 Å². The molecule has 20 heavy (non-hydrogen) atoms. The molecule has 0 saturated carbocycles. The van der Waals surface area contributed by atoms with Crippen LogP contribution >= 0.6 is 23.2 Å². The summed E-state index contributed by atoms with van der Waals surface area (Å²) in [6.07, 6.45) is 1.21. The lowest BCUT2D eigenvalue weighted by Crippen LogP contribution is -2.07. The molecule has 1 N–H and O–H groups in total. The van der Waals surface area contributed by atoms with Gasteiger partial charge in [0.2, 0.25) is 0 Å². The molecule has 0 aliphatic heterocycles. The molecule has 2 rings (SSSR count). The Morgan fingerprint density at radius 3 is 2.55 bits per heavy atom. The number of benzene rings is 1. The van der Waals surface area contributed by atoms with Gasteiger partial charge in [-0.2, -0.15) is 0 Å². The van der Waals surface area contributed by atoms with E-state index in [2.05, 4.69) is 10.3 Å². The number of halogens is 2. The third kappa shape index (κ3) is 3.37. The summed E-state index contributed by atoms with van der Waals surface area (Å²) in [6, 6.07) is 8.26. The zero-order valence-corrected chi connectivity index (χ0v) is 12.0. The first-order valence-corrected chi connectivity index (χ1v) is 6.55. The predicted octanol–water partition coefficient (Wildman–Crippen LogP) is 4.47. The van der Waals surface area contributed by atoms with Crippen LogP contribution in [0.1, 0.15) is 18.5 Å². The van der Waals surface area contributed by atoms with E-state index in [1.54, 1.807) is 18.2 Å². The van der Waals surface area contributed by atoms with Crippen molar-refractivity contribution in [2.24, 2.45) is 0 Å². The van der Waals surface area contributed by atoms with E-state index in [0.29, 0.717) is 15.9 Å². The van der Waals surface area contributed by atoms with Crippen LogP contribution in [0.2, 0.25) is 10.0 Å². The van der Waals surface area contributed by atoms with Gasteiger partial charge in [-0.15, -0.1) is 0 Å². The first-order chi connectivity index (χ1) is 9.47. The third-order valence-corrected chi connectivity index (χ3v) is 3.51. The molecular formula is C13H11Cl2N3O2. The molecule has 1 atom stereocenters. The highest BCUT2D eigenvalue weighted by atomic mass is 35.5. The van der Waals surface area contributed by atoms with E-state index in [1.807, 2.05) is 13.0 Å². The van der Waals surface area contributed by atoms with Crippen molar-refractivity contribution in [2.75, 3.05) is 5.32 Å². The van der Waals surface area contributed by atoms with Gasteiger partial charge in [0.05, 0.1) is 15.0 Å². The fraction of sp³-hybridized carbons (Fsp3) is 0.154. The van der Waals surface area contributed by atoms with Crippen LogP contribution in [-0.4, -0.2) is 9.91 Å². The molecule has 1 aromatic heterocycles. The second-order valence-electron chi connectivity index (χ2n) is 4.20. The Bertz CT molecular complexity index is 632. The van der Waals surface area contributed by atoms with Gasteiger partial charge in [-0.25, -0.2) is 4.98 Å².